The summed E-state index contributed by atoms with van der Waals surface area (Å²) in [7, 11) is 0. The van der Waals surface area contributed by atoms with Crippen LogP contribution >= 0.6 is 0 Å². The smallest absolute Gasteiger partial charge is 0.308 e. The van der Waals surface area contributed by atoms with E-state index in [4.69, 9.17) is 10.5 Å². The third kappa shape index (κ3) is 4.91. The van der Waals surface area contributed by atoms with Crippen molar-refractivity contribution in [3.05, 3.63) is 29.8 Å². The number of rotatable bonds is 6. The van der Waals surface area contributed by atoms with E-state index in [1.54, 1.807) is 18.2 Å². The maximum absolute atomic E-state index is 12.2. The molecule has 1 rings (SSSR count). The first-order valence-corrected chi connectivity index (χ1v) is 6.73. The Balaban J connectivity index is 2.87. The average molecular weight is 292 g/mol. The third-order valence-electron chi connectivity index (χ3n) is 3.16. The number of primary amides is 1. The number of benzene rings is 1. The predicted molar refractivity (Wildman–Crippen MR) is 77.7 cm³/mol. The Kier molecular flexibility index (Phi) is 5.90. The highest BCUT2D eigenvalue weighted by Crippen LogP contribution is 2.14. The Labute approximate surface area is 123 Å². The molecule has 0 radical (unpaired) electrons. The van der Waals surface area contributed by atoms with E-state index in [0.29, 0.717) is 12.0 Å². The summed E-state index contributed by atoms with van der Waals surface area (Å²) in [6.45, 7) is 5.03. The molecule has 0 heterocycles. The Morgan fingerprint density at radius 1 is 1.33 bits per heavy atom. The fourth-order valence-electron chi connectivity index (χ4n) is 1.82. The number of hydrogen-bond acceptors (Lipinski definition) is 4. The van der Waals surface area contributed by atoms with Gasteiger partial charge in [0.15, 0.2) is 0 Å². The summed E-state index contributed by atoms with van der Waals surface area (Å²) in [4.78, 5) is 34.5. The highest BCUT2D eigenvalue weighted by molar-refractivity contribution is 5.97. The van der Waals surface area contributed by atoms with Crippen LogP contribution in [0.25, 0.3) is 0 Å². The lowest BCUT2D eigenvalue weighted by atomic mass is 9.98. The summed E-state index contributed by atoms with van der Waals surface area (Å²) in [6.07, 6.45) is 0.710. The summed E-state index contributed by atoms with van der Waals surface area (Å²) in [5.41, 5.74) is 5.61. The summed E-state index contributed by atoms with van der Waals surface area (Å²) < 4.78 is 4.92. The topological polar surface area (TPSA) is 98.5 Å². The molecule has 1 aromatic rings. The van der Waals surface area contributed by atoms with Gasteiger partial charge in [-0.1, -0.05) is 26.3 Å². The summed E-state index contributed by atoms with van der Waals surface area (Å²) in [5, 5.41) is 2.61. The largest absolute Gasteiger partial charge is 0.427 e. The molecule has 0 saturated heterocycles. The minimum atomic E-state index is -0.736. The van der Waals surface area contributed by atoms with E-state index in [-0.39, 0.29) is 11.7 Å². The van der Waals surface area contributed by atoms with Crippen LogP contribution in [-0.4, -0.2) is 23.8 Å². The Morgan fingerprint density at radius 3 is 2.52 bits per heavy atom. The molecule has 0 bridgehead atoms. The number of esters is 1. The minimum Gasteiger partial charge on any atom is -0.427 e. The molecule has 2 atom stereocenters. The van der Waals surface area contributed by atoms with Gasteiger partial charge in [-0.3, -0.25) is 14.4 Å². The van der Waals surface area contributed by atoms with Crippen molar-refractivity contribution in [1.29, 1.82) is 0 Å². The molecule has 0 aliphatic heterocycles. The maximum atomic E-state index is 12.2. The minimum absolute atomic E-state index is 0.0666. The molecule has 1 aromatic carbocycles. The number of hydrogen-bond donors (Lipinski definition) is 2. The molecule has 6 nitrogen and oxygen atoms in total. The normalized spacial score (nSPS) is 13.1. The van der Waals surface area contributed by atoms with Gasteiger partial charge < -0.3 is 15.8 Å². The quantitative estimate of drug-likeness (QED) is 0.608. The number of amides is 2. The van der Waals surface area contributed by atoms with Gasteiger partial charge in [-0.25, -0.2) is 0 Å². The zero-order valence-electron chi connectivity index (χ0n) is 12.4. The summed E-state index contributed by atoms with van der Waals surface area (Å²) in [6, 6.07) is 5.43. The van der Waals surface area contributed by atoms with Gasteiger partial charge in [-0.2, -0.15) is 0 Å². The van der Waals surface area contributed by atoms with Gasteiger partial charge in [-0.15, -0.1) is 0 Å². The molecule has 2 amide bonds. The average Bonchev–Trinajstić information content (AvgIpc) is 2.42. The van der Waals surface area contributed by atoms with Crippen LogP contribution in [0.5, 0.6) is 5.75 Å². The van der Waals surface area contributed by atoms with Crippen molar-refractivity contribution in [2.24, 2.45) is 11.7 Å². The third-order valence-corrected chi connectivity index (χ3v) is 3.16. The van der Waals surface area contributed by atoms with Gasteiger partial charge in [-0.05, 0) is 24.1 Å². The van der Waals surface area contributed by atoms with E-state index in [1.807, 2.05) is 13.8 Å². The van der Waals surface area contributed by atoms with Gasteiger partial charge in [0.05, 0.1) is 0 Å². The van der Waals surface area contributed by atoms with Gasteiger partial charge >= 0.3 is 5.97 Å². The molecule has 0 spiro atoms. The van der Waals surface area contributed by atoms with Crippen LogP contribution in [-0.2, 0) is 9.59 Å². The second-order valence-electron chi connectivity index (χ2n) is 4.86. The number of carbonyl (C=O) groups is 3. The number of nitrogens with one attached hydrogen (secondary N) is 1. The van der Waals surface area contributed by atoms with Crippen molar-refractivity contribution >= 4 is 17.8 Å². The zero-order valence-corrected chi connectivity index (χ0v) is 12.4. The number of ether oxygens (including phenoxy) is 1. The van der Waals surface area contributed by atoms with Gasteiger partial charge in [0.25, 0.3) is 5.91 Å². The fraction of sp³-hybridized carbons (Fsp3) is 0.400. The van der Waals surface area contributed by atoms with Crippen LogP contribution in [0.15, 0.2) is 24.3 Å². The second-order valence-corrected chi connectivity index (χ2v) is 4.86. The van der Waals surface area contributed by atoms with Crippen molar-refractivity contribution in [2.75, 3.05) is 0 Å². The molecule has 114 valence electrons. The first-order chi connectivity index (χ1) is 9.85. The van der Waals surface area contributed by atoms with E-state index in [0.717, 1.165) is 0 Å². The van der Waals surface area contributed by atoms with Gasteiger partial charge in [0.1, 0.15) is 11.8 Å². The maximum Gasteiger partial charge on any atom is 0.308 e. The van der Waals surface area contributed by atoms with E-state index in [2.05, 4.69) is 5.32 Å². The number of nitrogens with two attached hydrogens (primary N) is 1. The van der Waals surface area contributed by atoms with Crippen molar-refractivity contribution in [3.63, 3.8) is 0 Å². The van der Waals surface area contributed by atoms with Crippen LogP contribution in [0, 0.1) is 5.92 Å². The summed E-state index contributed by atoms with van der Waals surface area (Å²) in [5.74, 6) is -1.28. The lowest BCUT2D eigenvalue weighted by molar-refractivity contribution is -0.131. The molecule has 6 heteroatoms. The van der Waals surface area contributed by atoms with E-state index < -0.39 is 23.8 Å². The van der Waals surface area contributed by atoms with Crippen molar-refractivity contribution in [3.8, 4) is 5.75 Å². The molecular weight excluding hydrogens is 272 g/mol. The highest BCUT2D eigenvalue weighted by atomic mass is 16.5. The molecule has 0 saturated carbocycles. The Morgan fingerprint density at radius 2 is 2.00 bits per heavy atom. The predicted octanol–water partition coefficient (Wildman–Crippen LogP) is 1.24. The molecule has 0 aliphatic rings. The first-order valence-electron chi connectivity index (χ1n) is 6.73. The van der Waals surface area contributed by atoms with Gasteiger partial charge in [0, 0.05) is 12.5 Å². The van der Waals surface area contributed by atoms with Crippen molar-refractivity contribution in [1.82, 2.24) is 5.32 Å². The molecule has 0 aliphatic carbocycles. The molecule has 21 heavy (non-hydrogen) atoms. The van der Waals surface area contributed by atoms with E-state index in [9.17, 15) is 14.4 Å². The molecule has 0 unspecified atom stereocenters. The van der Waals surface area contributed by atoms with Crippen LogP contribution in [0.3, 0.4) is 0 Å². The molecule has 0 aromatic heterocycles. The Bertz CT molecular complexity index is 542. The van der Waals surface area contributed by atoms with Crippen LogP contribution < -0.4 is 15.8 Å². The molecular formula is C15H20N2O4. The van der Waals surface area contributed by atoms with Gasteiger partial charge in [0.2, 0.25) is 5.91 Å². The van der Waals surface area contributed by atoms with Crippen LogP contribution in [0.2, 0.25) is 0 Å². The fourth-order valence-corrected chi connectivity index (χ4v) is 1.82. The standard InChI is InChI=1S/C15H20N2O4/c1-4-9(2)13(14(16)19)17-15(20)11-6-5-7-12(8-11)21-10(3)18/h5-9,13H,4H2,1-3H3,(H2,16,19)(H,17,20)/t9-,13+/m0/s1. The SMILES string of the molecule is CC[C@H](C)[C@@H](NC(=O)c1cccc(OC(C)=O)c1)C(N)=O. The summed E-state index contributed by atoms with van der Waals surface area (Å²) >= 11 is 0. The van der Waals surface area contributed by atoms with Crippen LogP contribution in [0.4, 0.5) is 0 Å². The van der Waals surface area contributed by atoms with Crippen molar-refractivity contribution in [2.45, 2.75) is 33.2 Å². The first kappa shape index (κ1) is 16.7. The van der Waals surface area contributed by atoms with Crippen LogP contribution in [0.1, 0.15) is 37.6 Å². The lowest BCUT2D eigenvalue weighted by Crippen LogP contribution is -2.48. The number of carbonyl (C=O) groups excluding carboxylic acids is 3. The second kappa shape index (κ2) is 7.42. The highest BCUT2D eigenvalue weighted by Gasteiger charge is 2.24. The molecule has 0 fully saturated rings. The monoisotopic (exact) mass is 292 g/mol. The van der Waals surface area contributed by atoms with E-state index in [1.165, 1.54) is 13.0 Å². The van der Waals surface area contributed by atoms with E-state index >= 15 is 0 Å². The Hall–Kier alpha value is -2.37. The lowest BCUT2D eigenvalue weighted by Gasteiger charge is -2.21. The van der Waals surface area contributed by atoms with Crippen molar-refractivity contribution < 1.29 is 19.1 Å². The zero-order chi connectivity index (χ0) is 16.0. The molecule has 3 N–H and O–H groups in total.